The fraction of sp³-hybridized carbons (Fsp3) is 0.562. The zero-order valence-corrected chi connectivity index (χ0v) is 12.7. The van der Waals surface area contributed by atoms with E-state index in [0.29, 0.717) is 13.1 Å². The Morgan fingerprint density at radius 3 is 2.90 bits per heavy atom. The monoisotopic (exact) mass is 291 g/mol. The van der Waals surface area contributed by atoms with Gasteiger partial charge in [0.1, 0.15) is 0 Å². The molecule has 0 aliphatic carbocycles. The number of carbonyl (C=O) groups is 1. The molecule has 1 aliphatic heterocycles. The Morgan fingerprint density at radius 1 is 1.33 bits per heavy atom. The average Bonchev–Trinajstić information content (AvgIpc) is 2.48. The van der Waals surface area contributed by atoms with Crippen molar-refractivity contribution in [2.75, 3.05) is 45.9 Å². The Labute approximate surface area is 126 Å². The molecule has 5 nitrogen and oxygen atoms in total. The SMILES string of the molecule is Cc1cccc(CNCC(=O)NCCN2CCOCC2)c1. The molecule has 2 rings (SSSR count). The minimum atomic E-state index is 0.0518. The van der Waals surface area contributed by atoms with Gasteiger partial charge in [0.2, 0.25) is 5.91 Å². The molecule has 0 spiro atoms. The Balaban J connectivity index is 1.55. The number of hydrogen-bond donors (Lipinski definition) is 2. The van der Waals surface area contributed by atoms with Gasteiger partial charge in [-0.25, -0.2) is 0 Å². The van der Waals surface area contributed by atoms with E-state index in [-0.39, 0.29) is 5.91 Å². The van der Waals surface area contributed by atoms with E-state index in [2.05, 4.69) is 40.7 Å². The Bertz CT molecular complexity index is 445. The molecule has 1 aromatic rings. The maximum atomic E-state index is 11.7. The number of aryl methyl sites for hydroxylation is 1. The van der Waals surface area contributed by atoms with E-state index in [0.717, 1.165) is 39.4 Å². The van der Waals surface area contributed by atoms with Crippen molar-refractivity contribution in [3.8, 4) is 0 Å². The zero-order valence-electron chi connectivity index (χ0n) is 12.7. The van der Waals surface area contributed by atoms with Crippen LogP contribution in [-0.4, -0.2) is 56.7 Å². The predicted octanol–water partition coefficient (Wildman–Crippen LogP) is 0.533. The van der Waals surface area contributed by atoms with E-state index in [9.17, 15) is 4.79 Å². The van der Waals surface area contributed by atoms with Crippen molar-refractivity contribution in [3.63, 3.8) is 0 Å². The van der Waals surface area contributed by atoms with E-state index in [1.165, 1.54) is 11.1 Å². The van der Waals surface area contributed by atoms with Crippen LogP contribution in [0.5, 0.6) is 0 Å². The number of rotatable bonds is 7. The smallest absolute Gasteiger partial charge is 0.234 e. The van der Waals surface area contributed by atoms with Crippen molar-refractivity contribution < 1.29 is 9.53 Å². The molecule has 1 amide bonds. The van der Waals surface area contributed by atoms with Gasteiger partial charge in [0.25, 0.3) is 0 Å². The lowest BCUT2D eigenvalue weighted by atomic mass is 10.1. The average molecular weight is 291 g/mol. The maximum absolute atomic E-state index is 11.7. The van der Waals surface area contributed by atoms with E-state index >= 15 is 0 Å². The molecule has 1 aromatic carbocycles. The number of morpholine rings is 1. The van der Waals surface area contributed by atoms with E-state index < -0.39 is 0 Å². The predicted molar refractivity (Wildman–Crippen MR) is 83.2 cm³/mol. The lowest BCUT2D eigenvalue weighted by Crippen LogP contribution is -2.42. The fourth-order valence-corrected chi connectivity index (χ4v) is 2.38. The van der Waals surface area contributed by atoms with E-state index in [1.54, 1.807) is 0 Å². The highest BCUT2D eigenvalue weighted by molar-refractivity contribution is 5.77. The van der Waals surface area contributed by atoms with Gasteiger partial charge in [0, 0.05) is 32.7 Å². The van der Waals surface area contributed by atoms with Gasteiger partial charge >= 0.3 is 0 Å². The van der Waals surface area contributed by atoms with Crippen LogP contribution in [-0.2, 0) is 16.1 Å². The summed E-state index contributed by atoms with van der Waals surface area (Å²) in [5, 5.41) is 6.12. The third-order valence-electron chi connectivity index (χ3n) is 3.55. The quantitative estimate of drug-likeness (QED) is 0.769. The van der Waals surface area contributed by atoms with Crippen LogP contribution >= 0.6 is 0 Å². The zero-order chi connectivity index (χ0) is 14.9. The summed E-state index contributed by atoms with van der Waals surface area (Å²) >= 11 is 0. The number of ether oxygens (including phenoxy) is 1. The molecule has 0 aromatic heterocycles. The Hall–Kier alpha value is -1.43. The molecule has 0 radical (unpaired) electrons. The summed E-state index contributed by atoms with van der Waals surface area (Å²) < 4.78 is 5.29. The van der Waals surface area contributed by atoms with Crippen molar-refractivity contribution in [1.82, 2.24) is 15.5 Å². The van der Waals surface area contributed by atoms with Gasteiger partial charge in [-0.05, 0) is 12.5 Å². The van der Waals surface area contributed by atoms with Crippen molar-refractivity contribution in [1.29, 1.82) is 0 Å². The summed E-state index contributed by atoms with van der Waals surface area (Å²) in [4.78, 5) is 14.0. The first kappa shape index (κ1) is 15.9. The van der Waals surface area contributed by atoms with Crippen LogP contribution in [0.25, 0.3) is 0 Å². The summed E-state index contributed by atoms with van der Waals surface area (Å²) in [5.41, 5.74) is 2.44. The van der Waals surface area contributed by atoms with Crippen LogP contribution in [0.2, 0.25) is 0 Å². The van der Waals surface area contributed by atoms with Crippen molar-refractivity contribution in [2.45, 2.75) is 13.5 Å². The molecule has 2 N–H and O–H groups in total. The first-order valence-corrected chi connectivity index (χ1v) is 7.57. The number of nitrogens with zero attached hydrogens (tertiary/aromatic N) is 1. The second-order valence-corrected chi connectivity index (χ2v) is 5.40. The molecule has 0 saturated carbocycles. The van der Waals surface area contributed by atoms with Crippen LogP contribution in [0.4, 0.5) is 0 Å². The molecule has 0 bridgehead atoms. The highest BCUT2D eigenvalue weighted by atomic mass is 16.5. The number of nitrogens with one attached hydrogen (secondary N) is 2. The van der Waals surface area contributed by atoms with Crippen LogP contribution in [0.3, 0.4) is 0 Å². The first-order valence-electron chi connectivity index (χ1n) is 7.57. The van der Waals surface area contributed by atoms with Gasteiger partial charge in [-0.1, -0.05) is 29.8 Å². The largest absolute Gasteiger partial charge is 0.379 e. The molecule has 21 heavy (non-hydrogen) atoms. The van der Waals surface area contributed by atoms with Crippen LogP contribution in [0.1, 0.15) is 11.1 Å². The molecule has 0 atom stereocenters. The molecule has 5 heteroatoms. The van der Waals surface area contributed by atoms with E-state index in [4.69, 9.17) is 4.74 Å². The normalized spacial score (nSPS) is 15.9. The fourth-order valence-electron chi connectivity index (χ4n) is 2.38. The first-order chi connectivity index (χ1) is 10.2. The third kappa shape index (κ3) is 6.25. The Kier molecular flexibility index (Phi) is 6.66. The second kappa shape index (κ2) is 8.77. The van der Waals surface area contributed by atoms with Gasteiger partial charge in [-0.15, -0.1) is 0 Å². The third-order valence-corrected chi connectivity index (χ3v) is 3.55. The van der Waals surface area contributed by atoms with Crippen molar-refractivity contribution in [2.24, 2.45) is 0 Å². The minimum absolute atomic E-state index is 0.0518. The molecule has 0 unspecified atom stereocenters. The topological polar surface area (TPSA) is 53.6 Å². The summed E-state index contributed by atoms with van der Waals surface area (Å²) in [6.07, 6.45) is 0. The lowest BCUT2D eigenvalue weighted by molar-refractivity contribution is -0.120. The summed E-state index contributed by atoms with van der Waals surface area (Å²) in [5.74, 6) is 0.0518. The number of amides is 1. The van der Waals surface area contributed by atoms with Crippen molar-refractivity contribution >= 4 is 5.91 Å². The van der Waals surface area contributed by atoms with Crippen LogP contribution in [0.15, 0.2) is 24.3 Å². The maximum Gasteiger partial charge on any atom is 0.234 e. The van der Waals surface area contributed by atoms with E-state index in [1.807, 2.05) is 6.07 Å². The Morgan fingerprint density at radius 2 is 2.14 bits per heavy atom. The molecular formula is C16H25N3O2. The van der Waals surface area contributed by atoms with Gasteiger partial charge in [-0.2, -0.15) is 0 Å². The van der Waals surface area contributed by atoms with Gasteiger partial charge < -0.3 is 15.4 Å². The van der Waals surface area contributed by atoms with Crippen LogP contribution < -0.4 is 10.6 Å². The molecule has 1 fully saturated rings. The molecular weight excluding hydrogens is 266 g/mol. The summed E-state index contributed by atoms with van der Waals surface area (Å²) in [7, 11) is 0. The van der Waals surface area contributed by atoms with Gasteiger partial charge in [0.15, 0.2) is 0 Å². The highest BCUT2D eigenvalue weighted by Crippen LogP contribution is 2.02. The molecule has 116 valence electrons. The second-order valence-electron chi connectivity index (χ2n) is 5.40. The number of hydrogen-bond acceptors (Lipinski definition) is 4. The standard InChI is InChI=1S/C16H25N3O2/c1-14-3-2-4-15(11-14)12-17-13-16(20)18-5-6-19-7-9-21-10-8-19/h2-4,11,17H,5-10,12-13H2,1H3,(H,18,20). The number of carbonyl (C=O) groups excluding carboxylic acids is 1. The summed E-state index contributed by atoms with van der Waals surface area (Å²) in [6, 6.07) is 8.30. The summed E-state index contributed by atoms with van der Waals surface area (Å²) in [6.45, 7) is 8.26. The lowest BCUT2D eigenvalue weighted by Gasteiger charge is -2.26. The van der Waals surface area contributed by atoms with Crippen molar-refractivity contribution in [3.05, 3.63) is 35.4 Å². The van der Waals surface area contributed by atoms with Gasteiger partial charge in [0.05, 0.1) is 19.8 Å². The molecule has 1 aliphatic rings. The van der Waals surface area contributed by atoms with Gasteiger partial charge in [-0.3, -0.25) is 9.69 Å². The highest BCUT2D eigenvalue weighted by Gasteiger charge is 2.09. The molecule has 1 saturated heterocycles. The van der Waals surface area contributed by atoms with Crippen LogP contribution in [0, 0.1) is 6.92 Å². The minimum Gasteiger partial charge on any atom is -0.379 e. The number of benzene rings is 1. The molecule has 1 heterocycles.